The molecular weight excluding hydrogens is 231 g/mol. The van der Waals surface area contributed by atoms with Gasteiger partial charge in [0.15, 0.2) is 0 Å². The molecule has 0 spiro atoms. The van der Waals surface area contributed by atoms with E-state index in [-0.39, 0.29) is 10.5 Å². The van der Waals surface area contributed by atoms with Crippen LogP contribution in [0, 0.1) is 6.92 Å². The molecule has 0 aliphatic heterocycles. The van der Waals surface area contributed by atoms with Crippen molar-refractivity contribution in [2.24, 2.45) is 5.14 Å². The third-order valence-corrected chi connectivity index (χ3v) is 2.88. The smallest absolute Gasteiger partial charge is 0.225 e. The fourth-order valence-corrected chi connectivity index (χ4v) is 1.91. The Labute approximate surface area is 84.8 Å². The molecule has 0 saturated carbocycles. The van der Waals surface area contributed by atoms with Crippen molar-refractivity contribution >= 4 is 10.0 Å². The third kappa shape index (κ3) is 2.69. The first-order valence-corrected chi connectivity index (χ1v) is 5.37. The second kappa shape index (κ2) is 3.49. The number of nitrogens with two attached hydrogens (primary N) is 1. The molecule has 0 aliphatic carbocycles. The summed E-state index contributed by atoms with van der Waals surface area (Å²) in [5.41, 5.74) is -0.917. The Morgan fingerprint density at radius 3 is 2.13 bits per heavy atom. The van der Waals surface area contributed by atoms with Gasteiger partial charge in [0, 0.05) is 0 Å². The maximum Gasteiger partial charge on any atom is 0.416 e. The van der Waals surface area contributed by atoms with Crippen LogP contribution in [0.2, 0.25) is 0 Å². The summed E-state index contributed by atoms with van der Waals surface area (Å²) in [6.07, 6.45) is -4.48. The van der Waals surface area contributed by atoms with E-state index in [1.54, 1.807) is 0 Å². The number of hydrogen-bond donors (Lipinski definition) is 1. The van der Waals surface area contributed by atoms with Gasteiger partial charge in [0.2, 0.25) is 10.0 Å². The monoisotopic (exact) mass is 239 g/mol. The third-order valence-electron chi connectivity index (χ3n) is 1.81. The van der Waals surface area contributed by atoms with Gasteiger partial charge in [-0.1, -0.05) is 0 Å². The summed E-state index contributed by atoms with van der Waals surface area (Å²) in [6.45, 7) is 1.26. The average Bonchev–Trinajstić information content (AvgIpc) is 1.99. The lowest BCUT2D eigenvalue weighted by molar-refractivity contribution is -0.137. The lowest BCUT2D eigenvalue weighted by Gasteiger charge is -2.09. The molecule has 1 aromatic rings. The topological polar surface area (TPSA) is 60.2 Å². The Hall–Kier alpha value is -1.08. The second-order valence-corrected chi connectivity index (χ2v) is 4.55. The number of primary sulfonamides is 1. The van der Waals surface area contributed by atoms with Gasteiger partial charge in [-0.15, -0.1) is 0 Å². The Balaban J connectivity index is 3.34. The minimum absolute atomic E-state index is 0.0210. The van der Waals surface area contributed by atoms with Crippen LogP contribution in [0.4, 0.5) is 13.2 Å². The van der Waals surface area contributed by atoms with E-state index < -0.39 is 21.8 Å². The Morgan fingerprint density at radius 2 is 1.80 bits per heavy atom. The van der Waals surface area contributed by atoms with Crippen LogP contribution in [0.5, 0.6) is 0 Å². The molecule has 0 unspecified atom stereocenters. The number of hydrogen-bond acceptors (Lipinski definition) is 2. The van der Waals surface area contributed by atoms with E-state index in [9.17, 15) is 21.6 Å². The lowest BCUT2D eigenvalue weighted by Crippen LogP contribution is -2.14. The molecule has 0 aromatic heterocycles. The molecule has 7 heteroatoms. The minimum atomic E-state index is -4.48. The predicted molar refractivity (Wildman–Crippen MR) is 47.6 cm³/mol. The largest absolute Gasteiger partial charge is 0.416 e. The summed E-state index contributed by atoms with van der Waals surface area (Å²) < 4.78 is 58.5. The van der Waals surface area contributed by atoms with Gasteiger partial charge in [-0.05, 0) is 30.7 Å². The fourth-order valence-electron chi connectivity index (χ4n) is 1.14. The molecule has 0 fully saturated rings. The molecule has 1 rings (SSSR count). The molecule has 0 aliphatic rings. The first-order valence-electron chi connectivity index (χ1n) is 3.83. The quantitative estimate of drug-likeness (QED) is 0.810. The van der Waals surface area contributed by atoms with Gasteiger partial charge in [0.1, 0.15) is 0 Å². The molecule has 1 aromatic carbocycles. The molecule has 15 heavy (non-hydrogen) atoms. The van der Waals surface area contributed by atoms with Crippen LogP contribution in [0.15, 0.2) is 23.1 Å². The summed E-state index contributed by atoms with van der Waals surface area (Å²) in [4.78, 5) is -0.296. The highest BCUT2D eigenvalue weighted by atomic mass is 32.2. The van der Waals surface area contributed by atoms with Crippen LogP contribution in [-0.2, 0) is 16.2 Å². The summed E-state index contributed by atoms with van der Waals surface area (Å²) in [6, 6.07) is 2.29. The van der Waals surface area contributed by atoms with Crippen LogP contribution < -0.4 is 5.14 Å². The zero-order valence-corrected chi connectivity index (χ0v) is 8.48. The summed E-state index contributed by atoms with van der Waals surface area (Å²) >= 11 is 0. The van der Waals surface area contributed by atoms with Crippen LogP contribution in [0.25, 0.3) is 0 Å². The molecule has 84 valence electrons. The van der Waals surface area contributed by atoms with E-state index in [0.717, 1.165) is 12.1 Å². The number of alkyl halides is 3. The predicted octanol–water partition coefficient (Wildman–Crippen LogP) is 1.66. The van der Waals surface area contributed by atoms with Gasteiger partial charge < -0.3 is 0 Å². The highest BCUT2D eigenvalue weighted by molar-refractivity contribution is 7.89. The zero-order chi connectivity index (χ0) is 11.9. The number of rotatable bonds is 1. The van der Waals surface area contributed by atoms with Gasteiger partial charge >= 0.3 is 6.18 Å². The molecule has 0 heterocycles. The van der Waals surface area contributed by atoms with Crippen molar-refractivity contribution in [3.63, 3.8) is 0 Å². The highest BCUT2D eigenvalue weighted by Gasteiger charge is 2.31. The molecule has 2 N–H and O–H groups in total. The fraction of sp³-hybridized carbons (Fsp3) is 0.250. The number of halogens is 3. The normalized spacial score (nSPS) is 12.9. The van der Waals surface area contributed by atoms with E-state index in [2.05, 4.69) is 0 Å². The van der Waals surface area contributed by atoms with Crippen molar-refractivity contribution in [2.75, 3.05) is 0 Å². The second-order valence-electron chi connectivity index (χ2n) is 3.02. The number of benzene rings is 1. The van der Waals surface area contributed by atoms with E-state index >= 15 is 0 Å². The van der Waals surface area contributed by atoms with Crippen molar-refractivity contribution in [1.82, 2.24) is 0 Å². The van der Waals surface area contributed by atoms with Gasteiger partial charge in [0.25, 0.3) is 0 Å². The van der Waals surface area contributed by atoms with Gasteiger partial charge in [-0.2, -0.15) is 13.2 Å². The first kappa shape index (κ1) is 12.0. The lowest BCUT2D eigenvalue weighted by atomic mass is 10.1. The molecule has 3 nitrogen and oxygen atoms in total. The highest BCUT2D eigenvalue weighted by Crippen LogP contribution is 2.30. The summed E-state index contributed by atoms with van der Waals surface area (Å²) in [5, 5.41) is 4.81. The Kier molecular flexibility index (Phi) is 2.79. The van der Waals surface area contributed by atoms with Crippen LogP contribution in [-0.4, -0.2) is 8.42 Å². The van der Waals surface area contributed by atoms with Crippen molar-refractivity contribution < 1.29 is 21.6 Å². The first-order chi connectivity index (χ1) is 6.62. The summed E-state index contributed by atoms with van der Waals surface area (Å²) in [5.74, 6) is 0. The maximum atomic E-state index is 12.2. The van der Waals surface area contributed by atoms with Crippen molar-refractivity contribution in [1.29, 1.82) is 0 Å². The molecule has 0 radical (unpaired) electrons. The number of aryl methyl sites for hydroxylation is 1. The van der Waals surface area contributed by atoms with E-state index in [0.29, 0.717) is 6.07 Å². The average molecular weight is 239 g/mol. The molecule has 0 bridgehead atoms. The maximum absolute atomic E-state index is 12.2. The zero-order valence-electron chi connectivity index (χ0n) is 7.67. The Morgan fingerprint density at radius 1 is 1.27 bits per heavy atom. The molecular formula is C8H8F3NO2S. The van der Waals surface area contributed by atoms with Crippen LogP contribution >= 0.6 is 0 Å². The van der Waals surface area contributed by atoms with Gasteiger partial charge in [0.05, 0.1) is 10.5 Å². The van der Waals surface area contributed by atoms with Crippen molar-refractivity contribution in [3.05, 3.63) is 29.3 Å². The van der Waals surface area contributed by atoms with Crippen LogP contribution in [0.3, 0.4) is 0 Å². The van der Waals surface area contributed by atoms with Crippen molar-refractivity contribution in [2.45, 2.75) is 18.0 Å². The van der Waals surface area contributed by atoms with E-state index in [4.69, 9.17) is 5.14 Å². The SMILES string of the molecule is Cc1cc(C(F)(F)F)ccc1S(N)(=O)=O. The van der Waals surface area contributed by atoms with Gasteiger partial charge in [-0.25, -0.2) is 13.6 Å². The van der Waals surface area contributed by atoms with E-state index in [1.165, 1.54) is 6.92 Å². The number of sulfonamides is 1. The Bertz CT molecular complexity index is 479. The van der Waals surface area contributed by atoms with Gasteiger partial charge in [-0.3, -0.25) is 0 Å². The molecule has 0 amide bonds. The van der Waals surface area contributed by atoms with Crippen LogP contribution in [0.1, 0.15) is 11.1 Å². The minimum Gasteiger partial charge on any atom is -0.225 e. The standard InChI is InChI=1S/C8H8F3NO2S/c1-5-4-6(8(9,10)11)2-3-7(5)15(12,13)14/h2-4H,1H3,(H2,12,13,14). The summed E-state index contributed by atoms with van der Waals surface area (Å²) in [7, 11) is -3.96. The van der Waals surface area contributed by atoms with Crippen molar-refractivity contribution in [3.8, 4) is 0 Å². The molecule has 0 atom stereocenters. The van der Waals surface area contributed by atoms with E-state index in [1.807, 2.05) is 0 Å². The molecule has 0 saturated heterocycles.